The van der Waals surface area contributed by atoms with E-state index in [1.54, 1.807) is 0 Å². The first-order valence-corrected chi connectivity index (χ1v) is 7.30. The smallest absolute Gasteiger partial charge is 0.328 e. The Bertz CT molecular complexity index is 600. The van der Waals surface area contributed by atoms with Gasteiger partial charge in [0.1, 0.15) is 5.75 Å². The number of carboxylic acid groups (broad SMARTS) is 1. The van der Waals surface area contributed by atoms with Gasteiger partial charge in [0.15, 0.2) is 11.9 Å². The van der Waals surface area contributed by atoms with Gasteiger partial charge in [0.2, 0.25) is 0 Å². The molecule has 2 unspecified atom stereocenters. The Morgan fingerprint density at radius 1 is 1.36 bits per heavy atom. The molecule has 22 heavy (non-hydrogen) atoms. The zero-order chi connectivity index (χ0) is 15.9. The first-order chi connectivity index (χ1) is 10.6. The summed E-state index contributed by atoms with van der Waals surface area (Å²) in [6, 6.07) is 8.67. The number of ether oxygens (including phenoxy) is 1. The van der Waals surface area contributed by atoms with Crippen LogP contribution in [0, 0.1) is 5.92 Å². The predicted molar refractivity (Wildman–Crippen MR) is 79.6 cm³/mol. The van der Waals surface area contributed by atoms with Crippen LogP contribution < -0.4 is 4.74 Å². The number of nitrogens with zero attached hydrogens (tertiary/aromatic N) is 4. The van der Waals surface area contributed by atoms with E-state index < -0.39 is 12.0 Å². The Balaban J connectivity index is 2.04. The summed E-state index contributed by atoms with van der Waals surface area (Å²) in [7, 11) is 0. The largest absolute Gasteiger partial charge is 0.493 e. The molecule has 1 heterocycles. The molecule has 1 aromatic heterocycles. The molecular weight excluding hydrogens is 284 g/mol. The summed E-state index contributed by atoms with van der Waals surface area (Å²) in [4.78, 5) is 11.5. The number of carboxylic acids is 1. The van der Waals surface area contributed by atoms with E-state index in [-0.39, 0.29) is 5.92 Å². The quantitative estimate of drug-likeness (QED) is 0.802. The summed E-state index contributed by atoms with van der Waals surface area (Å²) >= 11 is 0. The molecule has 0 spiro atoms. The van der Waals surface area contributed by atoms with Gasteiger partial charge in [-0.05, 0) is 28.5 Å². The number of carbonyl (C=O) groups is 1. The average molecular weight is 304 g/mol. The fraction of sp³-hybridized carbons (Fsp3) is 0.467. The van der Waals surface area contributed by atoms with Crippen LogP contribution in [-0.4, -0.2) is 37.9 Å². The SMILES string of the molecule is CCC(C)C(C(=O)O)n1nnnc1CCOc1ccccc1. The topological polar surface area (TPSA) is 90.1 Å². The van der Waals surface area contributed by atoms with Crippen LogP contribution >= 0.6 is 0 Å². The molecule has 0 amide bonds. The molecule has 0 saturated heterocycles. The second kappa shape index (κ2) is 7.53. The number of hydrogen-bond acceptors (Lipinski definition) is 5. The normalized spacial score (nSPS) is 13.5. The van der Waals surface area contributed by atoms with Gasteiger partial charge < -0.3 is 9.84 Å². The van der Waals surface area contributed by atoms with E-state index >= 15 is 0 Å². The molecule has 2 atom stereocenters. The van der Waals surface area contributed by atoms with Crippen LogP contribution in [0.25, 0.3) is 0 Å². The Kier molecular flexibility index (Phi) is 5.46. The molecule has 1 aromatic carbocycles. The monoisotopic (exact) mass is 304 g/mol. The van der Waals surface area contributed by atoms with E-state index in [0.29, 0.717) is 18.9 Å². The summed E-state index contributed by atoms with van der Waals surface area (Å²) in [6.07, 6.45) is 1.18. The highest BCUT2D eigenvalue weighted by Gasteiger charge is 2.29. The maximum absolute atomic E-state index is 11.5. The minimum absolute atomic E-state index is 0.0604. The van der Waals surface area contributed by atoms with Crippen LogP contribution in [0.4, 0.5) is 0 Å². The van der Waals surface area contributed by atoms with Crippen molar-refractivity contribution >= 4 is 5.97 Å². The van der Waals surface area contributed by atoms with Gasteiger partial charge in [0.05, 0.1) is 6.61 Å². The summed E-state index contributed by atoms with van der Waals surface area (Å²) < 4.78 is 7.00. The van der Waals surface area contributed by atoms with Crippen molar-refractivity contribution in [2.45, 2.75) is 32.7 Å². The van der Waals surface area contributed by atoms with Crippen LogP contribution in [0.5, 0.6) is 5.75 Å². The van der Waals surface area contributed by atoms with Gasteiger partial charge in [-0.2, -0.15) is 0 Å². The Labute approximate surface area is 128 Å². The summed E-state index contributed by atoms with van der Waals surface area (Å²) in [6.45, 7) is 4.21. The molecule has 0 fully saturated rings. The molecule has 0 aliphatic carbocycles. The van der Waals surface area contributed by atoms with Crippen molar-refractivity contribution in [1.82, 2.24) is 20.2 Å². The van der Waals surface area contributed by atoms with Gasteiger partial charge in [-0.1, -0.05) is 38.5 Å². The van der Waals surface area contributed by atoms with Gasteiger partial charge in [0.25, 0.3) is 0 Å². The van der Waals surface area contributed by atoms with E-state index in [2.05, 4.69) is 15.5 Å². The lowest BCUT2D eigenvalue weighted by atomic mass is 9.99. The van der Waals surface area contributed by atoms with Crippen molar-refractivity contribution < 1.29 is 14.6 Å². The van der Waals surface area contributed by atoms with Gasteiger partial charge >= 0.3 is 5.97 Å². The van der Waals surface area contributed by atoms with Crippen molar-refractivity contribution in [3.05, 3.63) is 36.2 Å². The van der Waals surface area contributed by atoms with E-state index in [1.807, 2.05) is 44.2 Å². The molecule has 2 rings (SSSR count). The highest BCUT2D eigenvalue weighted by molar-refractivity contribution is 5.72. The molecule has 7 heteroatoms. The maximum atomic E-state index is 11.5. The minimum Gasteiger partial charge on any atom is -0.493 e. The van der Waals surface area contributed by atoms with E-state index in [4.69, 9.17) is 4.74 Å². The van der Waals surface area contributed by atoms with E-state index in [1.165, 1.54) is 4.68 Å². The number of aliphatic carboxylic acids is 1. The number of benzene rings is 1. The molecule has 0 aliphatic heterocycles. The first-order valence-electron chi connectivity index (χ1n) is 7.30. The maximum Gasteiger partial charge on any atom is 0.328 e. The third kappa shape index (κ3) is 3.81. The summed E-state index contributed by atoms with van der Waals surface area (Å²) in [5.41, 5.74) is 0. The molecular formula is C15H20N4O3. The van der Waals surface area contributed by atoms with Crippen molar-refractivity contribution in [3.63, 3.8) is 0 Å². The van der Waals surface area contributed by atoms with Crippen molar-refractivity contribution in [3.8, 4) is 5.75 Å². The van der Waals surface area contributed by atoms with Crippen LogP contribution in [0.2, 0.25) is 0 Å². The highest BCUT2D eigenvalue weighted by atomic mass is 16.5. The van der Waals surface area contributed by atoms with Crippen LogP contribution in [-0.2, 0) is 11.2 Å². The van der Waals surface area contributed by atoms with Gasteiger partial charge in [0, 0.05) is 6.42 Å². The van der Waals surface area contributed by atoms with Crippen molar-refractivity contribution in [2.75, 3.05) is 6.61 Å². The lowest BCUT2D eigenvalue weighted by Crippen LogP contribution is -2.28. The molecule has 1 N–H and O–H groups in total. The van der Waals surface area contributed by atoms with Crippen LogP contribution in [0.1, 0.15) is 32.1 Å². The molecule has 0 radical (unpaired) electrons. The Morgan fingerprint density at radius 2 is 2.09 bits per heavy atom. The number of hydrogen-bond donors (Lipinski definition) is 1. The minimum atomic E-state index is -0.924. The lowest BCUT2D eigenvalue weighted by Gasteiger charge is -2.19. The summed E-state index contributed by atoms with van der Waals surface area (Å²) in [5, 5.41) is 20.8. The van der Waals surface area contributed by atoms with E-state index in [9.17, 15) is 9.90 Å². The zero-order valence-corrected chi connectivity index (χ0v) is 12.7. The fourth-order valence-corrected chi connectivity index (χ4v) is 2.18. The average Bonchev–Trinajstić information content (AvgIpc) is 2.96. The Hall–Kier alpha value is -2.44. The van der Waals surface area contributed by atoms with Crippen LogP contribution in [0.3, 0.4) is 0 Å². The second-order valence-electron chi connectivity index (χ2n) is 5.12. The fourth-order valence-electron chi connectivity index (χ4n) is 2.18. The zero-order valence-electron chi connectivity index (χ0n) is 12.7. The number of para-hydroxylation sites is 1. The third-order valence-corrected chi connectivity index (χ3v) is 3.60. The summed E-state index contributed by atoms with van der Waals surface area (Å²) in [5.74, 6) is 0.295. The van der Waals surface area contributed by atoms with Crippen molar-refractivity contribution in [2.24, 2.45) is 5.92 Å². The van der Waals surface area contributed by atoms with Gasteiger partial charge in [-0.3, -0.25) is 0 Å². The van der Waals surface area contributed by atoms with Gasteiger partial charge in [-0.15, -0.1) is 5.10 Å². The predicted octanol–water partition coefficient (Wildman–Crippen LogP) is 1.97. The number of aromatic nitrogens is 4. The van der Waals surface area contributed by atoms with Crippen LogP contribution in [0.15, 0.2) is 30.3 Å². The number of rotatable bonds is 8. The van der Waals surface area contributed by atoms with Crippen molar-refractivity contribution in [1.29, 1.82) is 0 Å². The highest BCUT2D eigenvalue weighted by Crippen LogP contribution is 2.21. The standard InChI is InChI=1S/C15H20N4O3/c1-3-11(2)14(15(20)21)19-13(16-17-18-19)9-10-22-12-7-5-4-6-8-12/h4-8,11,14H,3,9-10H2,1-2H3,(H,20,21). The molecule has 7 nitrogen and oxygen atoms in total. The third-order valence-electron chi connectivity index (χ3n) is 3.60. The molecule has 118 valence electrons. The Morgan fingerprint density at radius 3 is 2.73 bits per heavy atom. The molecule has 0 bridgehead atoms. The van der Waals surface area contributed by atoms with Gasteiger partial charge in [-0.25, -0.2) is 9.48 Å². The lowest BCUT2D eigenvalue weighted by molar-refractivity contribution is -0.143. The number of tetrazole rings is 1. The second-order valence-corrected chi connectivity index (χ2v) is 5.12. The molecule has 0 saturated carbocycles. The molecule has 2 aromatic rings. The van der Waals surface area contributed by atoms with E-state index in [0.717, 1.165) is 12.2 Å². The first kappa shape index (κ1) is 15.9. The molecule has 0 aliphatic rings.